The summed E-state index contributed by atoms with van der Waals surface area (Å²) in [5, 5.41) is 3.64. The summed E-state index contributed by atoms with van der Waals surface area (Å²) in [5.74, 6) is 1.52. The first-order valence-corrected chi connectivity index (χ1v) is 9.93. The van der Waals surface area contributed by atoms with Crippen LogP contribution < -0.4 is 14.8 Å². The molecule has 7 heteroatoms. The molecule has 1 heterocycles. The second kappa shape index (κ2) is 8.14. The lowest BCUT2D eigenvalue weighted by atomic mass is 9.87. The van der Waals surface area contributed by atoms with Crippen LogP contribution in [0.2, 0.25) is 0 Å². The minimum atomic E-state index is -0.118. The molecule has 0 spiro atoms. The molecule has 0 unspecified atom stereocenters. The summed E-state index contributed by atoms with van der Waals surface area (Å²) in [6.07, 6.45) is 0. The van der Waals surface area contributed by atoms with Gasteiger partial charge in [0, 0.05) is 6.07 Å². The Kier molecular flexibility index (Phi) is 5.84. The number of ether oxygens (including phenoxy) is 2. The third-order valence-corrected chi connectivity index (χ3v) is 5.22. The smallest absolute Gasteiger partial charge is 0.234 e. The van der Waals surface area contributed by atoms with Crippen molar-refractivity contribution in [3.63, 3.8) is 0 Å². The Bertz CT molecular complexity index is 992. The van der Waals surface area contributed by atoms with Gasteiger partial charge in [0.25, 0.3) is 0 Å². The molecule has 28 heavy (non-hydrogen) atoms. The molecule has 3 aromatic rings. The molecule has 0 atom stereocenters. The average Bonchev–Trinajstić information content (AvgIpc) is 3.07. The van der Waals surface area contributed by atoms with Crippen molar-refractivity contribution >= 4 is 34.4 Å². The van der Waals surface area contributed by atoms with Crippen molar-refractivity contribution in [2.75, 3.05) is 25.3 Å². The molecule has 2 aromatic carbocycles. The van der Waals surface area contributed by atoms with Crippen molar-refractivity contribution in [3.05, 3.63) is 42.0 Å². The quantitative estimate of drug-likeness (QED) is 0.592. The van der Waals surface area contributed by atoms with Crippen LogP contribution in [0.4, 0.5) is 5.69 Å². The van der Waals surface area contributed by atoms with Crippen LogP contribution in [0.15, 0.2) is 41.6 Å². The number of carbonyl (C=O) groups is 1. The lowest BCUT2D eigenvalue weighted by molar-refractivity contribution is -0.113. The largest absolute Gasteiger partial charge is 0.497 e. The Morgan fingerprint density at radius 3 is 2.61 bits per heavy atom. The highest BCUT2D eigenvalue weighted by molar-refractivity contribution is 7.99. The van der Waals surface area contributed by atoms with E-state index in [4.69, 9.17) is 9.47 Å². The molecule has 0 fully saturated rings. The van der Waals surface area contributed by atoms with Gasteiger partial charge in [-0.1, -0.05) is 38.6 Å². The normalized spacial score (nSPS) is 11.5. The third kappa shape index (κ3) is 4.59. The molecule has 6 nitrogen and oxygen atoms in total. The van der Waals surface area contributed by atoms with Crippen molar-refractivity contribution in [1.29, 1.82) is 0 Å². The van der Waals surface area contributed by atoms with Crippen LogP contribution in [0.1, 0.15) is 26.3 Å². The van der Waals surface area contributed by atoms with Crippen LogP contribution in [0, 0.1) is 0 Å². The van der Waals surface area contributed by atoms with E-state index in [1.54, 1.807) is 14.2 Å². The van der Waals surface area contributed by atoms with Crippen LogP contribution in [0.5, 0.6) is 11.5 Å². The Labute approximate surface area is 169 Å². The van der Waals surface area contributed by atoms with Gasteiger partial charge in [0.05, 0.1) is 36.7 Å². The minimum Gasteiger partial charge on any atom is -0.497 e. The average molecular weight is 400 g/mol. The van der Waals surface area contributed by atoms with E-state index in [0.29, 0.717) is 16.6 Å². The molecule has 0 radical (unpaired) electrons. The molecule has 2 N–H and O–H groups in total. The van der Waals surface area contributed by atoms with Crippen molar-refractivity contribution in [2.24, 2.45) is 0 Å². The number of aromatic amines is 1. The van der Waals surface area contributed by atoms with E-state index in [1.165, 1.54) is 11.8 Å². The summed E-state index contributed by atoms with van der Waals surface area (Å²) >= 11 is 1.35. The van der Waals surface area contributed by atoms with Crippen LogP contribution in [0.3, 0.4) is 0 Å². The van der Waals surface area contributed by atoms with E-state index >= 15 is 0 Å². The number of fused-ring (bicyclic) bond motifs is 1. The molecule has 0 saturated heterocycles. The number of hydrogen-bond acceptors (Lipinski definition) is 5. The van der Waals surface area contributed by atoms with Gasteiger partial charge in [0.2, 0.25) is 5.91 Å². The van der Waals surface area contributed by atoms with E-state index in [2.05, 4.69) is 36.1 Å². The van der Waals surface area contributed by atoms with Crippen LogP contribution in [0.25, 0.3) is 11.0 Å². The first-order valence-electron chi connectivity index (χ1n) is 8.95. The maximum absolute atomic E-state index is 12.5. The molecule has 1 amide bonds. The van der Waals surface area contributed by atoms with Gasteiger partial charge >= 0.3 is 0 Å². The SMILES string of the molecule is COc1ccc2nc(SCC(=O)Nc3cc(C(C)(C)C)ccc3OC)[nH]c2c1. The molecule has 0 saturated carbocycles. The highest BCUT2D eigenvalue weighted by atomic mass is 32.2. The molecular weight excluding hydrogens is 374 g/mol. The van der Waals surface area contributed by atoms with Crippen molar-refractivity contribution < 1.29 is 14.3 Å². The predicted octanol–water partition coefficient (Wildman–Crippen LogP) is 4.61. The second-order valence-corrected chi connectivity index (χ2v) is 8.39. The number of hydrogen-bond donors (Lipinski definition) is 2. The summed E-state index contributed by atoms with van der Waals surface area (Å²) < 4.78 is 10.6. The Hall–Kier alpha value is -2.67. The lowest BCUT2D eigenvalue weighted by Crippen LogP contribution is -2.17. The van der Waals surface area contributed by atoms with E-state index in [0.717, 1.165) is 22.3 Å². The van der Waals surface area contributed by atoms with Gasteiger partial charge in [-0.15, -0.1) is 0 Å². The summed E-state index contributed by atoms with van der Waals surface area (Å²) in [7, 11) is 3.22. The topological polar surface area (TPSA) is 76.2 Å². The number of methoxy groups -OCH3 is 2. The molecule has 1 aromatic heterocycles. The van der Waals surface area contributed by atoms with Crippen LogP contribution in [-0.4, -0.2) is 35.8 Å². The number of imidazole rings is 1. The van der Waals surface area contributed by atoms with Crippen LogP contribution >= 0.6 is 11.8 Å². The number of thioether (sulfide) groups is 1. The van der Waals surface area contributed by atoms with Gasteiger partial charge in [0.15, 0.2) is 5.16 Å². The third-order valence-electron chi connectivity index (χ3n) is 4.35. The summed E-state index contributed by atoms with van der Waals surface area (Å²) in [6.45, 7) is 6.40. The summed E-state index contributed by atoms with van der Waals surface area (Å²) in [4.78, 5) is 20.2. The molecule has 0 aliphatic heterocycles. The van der Waals surface area contributed by atoms with Crippen molar-refractivity contribution in [3.8, 4) is 11.5 Å². The van der Waals surface area contributed by atoms with Gasteiger partial charge in [-0.25, -0.2) is 4.98 Å². The lowest BCUT2D eigenvalue weighted by Gasteiger charge is -2.21. The zero-order valence-electron chi connectivity index (χ0n) is 16.8. The maximum atomic E-state index is 12.5. The maximum Gasteiger partial charge on any atom is 0.234 e. The number of nitrogens with zero attached hydrogens (tertiary/aromatic N) is 1. The Morgan fingerprint density at radius 2 is 1.93 bits per heavy atom. The van der Waals surface area contributed by atoms with E-state index < -0.39 is 0 Å². The second-order valence-electron chi connectivity index (χ2n) is 7.43. The minimum absolute atomic E-state index is 0.0180. The van der Waals surface area contributed by atoms with Gasteiger partial charge < -0.3 is 19.8 Å². The fourth-order valence-electron chi connectivity index (χ4n) is 2.75. The number of carbonyl (C=O) groups excluding carboxylic acids is 1. The number of rotatable bonds is 6. The number of benzene rings is 2. The van der Waals surface area contributed by atoms with Gasteiger partial charge in [-0.3, -0.25) is 4.79 Å². The molecule has 0 aliphatic rings. The Morgan fingerprint density at radius 1 is 1.14 bits per heavy atom. The number of aromatic nitrogens is 2. The highest BCUT2D eigenvalue weighted by Gasteiger charge is 2.17. The first kappa shape index (κ1) is 20.1. The van der Waals surface area contributed by atoms with Gasteiger partial charge in [-0.2, -0.15) is 0 Å². The molecule has 3 rings (SSSR count). The number of H-pyrrole nitrogens is 1. The monoisotopic (exact) mass is 399 g/mol. The molecule has 0 aliphatic carbocycles. The number of nitrogens with one attached hydrogen (secondary N) is 2. The van der Waals surface area contributed by atoms with E-state index in [1.807, 2.05) is 36.4 Å². The number of anilines is 1. The predicted molar refractivity (Wildman–Crippen MR) is 114 cm³/mol. The standard InChI is InChI=1S/C21H25N3O3S/c1-21(2,3)13-6-9-18(27-5)17(10-13)22-19(25)12-28-20-23-15-8-7-14(26-4)11-16(15)24-20/h6-11H,12H2,1-5H3,(H,22,25)(H,23,24). The fraction of sp³-hybridized carbons (Fsp3) is 0.333. The fourth-order valence-corrected chi connectivity index (χ4v) is 3.44. The van der Waals surface area contributed by atoms with Gasteiger partial charge in [0.1, 0.15) is 11.5 Å². The van der Waals surface area contributed by atoms with Crippen molar-refractivity contribution in [2.45, 2.75) is 31.3 Å². The van der Waals surface area contributed by atoms with Crippen LogP contribution in [-0.2, 0) is 10.2 Å². The Balaban J connectivity index is 1.69. The zero-order valence-corrected chi connectivity index (χ0v) is 17.6. The van der Waals surface area contributed by atoms with Gasteiger partial charge in [-0.05, 0) is 35.2 Å². The van der Waals surface area contributed by atoms with E-state index in [9.17, 15) is 4.79 Å². The molecule has 0 bridgehead atoms. The van der Waals surface area contributed by atoms with E-state index in [-0.39, 0.29) is 17.1 Å². The number of amides is 1. The first-order chi connectivity index (χ1) is 13.3. The summed E-state index contributed by atoms with van der Waals surface area (Å²) in [6, 6.07) is 11.5. The molecular formula is C21H25N3O3S. The molecule has 148 valence electrons. The summed E-state index contributed by atoms with van der Waals surface area (Å²) in [5.41, 5.74) is 3.50. The zero-order chi connectivity index (χ0) is 20.3. The highest BCUT2D eigenvalue weighted by Crippen LogP contribution is 2.31. The van der Waals surface area contributed by atoms with Crippen molar-refractivity contribution in [1.82, 2.24) is 9.97 Å².